The van der Waals surface area contributed by atoms with Gasteiger partial charge in [-0.05, 0) is 36.6 Å². The highest BCUT2D eigenvalue weighted by atomic mass is 16.2. The molecule has 6 nitrogen and oxygen atoms in total. The Morgan fingerprint density at radius 2 is 2.07 bits per heavy atom. The summed E-state index contributed by atoms with van der Waals surface area (Å²) in [5, 5.41) is 0. The third-order valence-electron chi connectivity index (χ3n) is 5.02. The van der Waals surface area contributed by atoms with Crippen LogP contribution in [0, 0.1) is 0 Å². The summed E-state index contributed by atoms with van der Waals surface area (Å²) in [6.07, 6.45) is 11.6. The summed E-state index contributed by atoms with van der Waals surface area (Å²) in [5.41, 5.74) is 1.97. The van der Waals surface area contributed by atoms with Crippen LogP contribution in [0.15, 0.2) is 61.3 Å². The van der Waals surface area contributed by atoms with E-state index in [0.29, 0.717) is 13.0 Å². The maximum Gasteiger partial charge on any atom is 0.227 e. The van der Waals surface area contributed by atoms with E-state index < -0.39 is 0 Å². The number of aromatic nitrogens is 4. The van der Waals surface area contributed by atoms with Gasteiger partial charge in [0.15, 0.2) is 0 Å². The van der Waals surface area contributed by atoms with Crippen LogP contribution in [0.1, 0.15) is 35.8 Å². The van der Waals surface area contributed by atoms with E-state index in [-0.39, 0.29) is 11.8 Å². The second kappa shape index (κ2) is 8.12. The normalized spacial score (nSPS) is 17.0. The SMILES string of the molecule is O=C(Cc1cccnc1)N1CCCC(c2nccn2Cc2ccccn2)C1. The Balaban J connectivity index is 1.44. The van der Waals surface area contributed by atoms with Gasteiger partial charge in [-0.15, -0.1) is 0 Å². The number of hydrogen-bond donors (Lipinski definition) is 0. The Bertz CT molecular complexity index is 878. The van der Waals surface area contributed by atoms with Crippen LogP contribution in [0.25, 0.3) is 0 Å². The molecule has 0 aliphatic carbocycles. The first kappa shape index (κ1) is 17.4. The smallest absolute Gasteiger partial charge is 0.227 e. The number of imidazole rings is 1. The average molecular weight is 361 g/mol. The predicted molar refractivity (Wildman–Crippen MR) is 102 cm³/mol. The van der Waals surface area contributed by atoms with Gasteiger partial charge < -0.3 is 9.47 Å². The zero-order valence-corrected chi connectivity index (χ0v) is 15.2. The van der Waals surface area contributed by atoms with E-state index in [1.807, 2.05) is 53.8 Å². The minimum absolute atomic E-state index is 0.163. The molecule has 4 rings (SSSR count). The topological polar surface area (TPSA) is 63.9 Å². The number of carbonyl (C=O) groups excluding carboxylic acids is 1. The third kappa shape index (κ3) is 4.22. The summed E-state index contributed by atoms with van der Waals surface area (Å²) >= 11 is 0. The Labute approximate surface area is 158 Å². The van der Waals surface area contributed by atoms with Gasteiger partial charge >= 0.3 is 0 Å². The Morgan fingerprint density at radius 1 is 1.11 bits per heavy atom. The molecule has 1 aliphatic heterocycles. The highest BCUT2D eigenvalue weighted by molar-refractivity contribution is 5.78. The lowest BCUT2D eigenvalue weighted by Crippen LogP contribution is -2.40. The molecule has 4 heterocycles. The van der Waals surface area contributed by atoms with Gasteiger partial charge in [0, 0.05) is 50.0 Å². The molecule has 1 unspecified atom stereocenters. The third-order valence-corrected chi connectivity index (χ3v) is 5.02. The van der Waals surface area contributed by atoms with E-state index >= 15 is 0 Å². The molecule has 1 atom stereocenters. The molecule has 0 saturated carbocycles. The van der Waals surface area contributed by atoms with E-state index in [9.17, 15) is 4.79 Å². The fourth-order valence-electron chi connectivity index (χ4n) is 3.68. The fourth-order valence-corrected chi connectivity index (χ4v) is 3.68. The number of likely N-dealkylation sites (tertiary alicyclic amines) is 1. The summed E-state index contributed by atoms with van der Waals surface area (Å²) in [5.74, 6) is 1.46. The molecule has 0 N–H and O–H groups in total. The largest absolute Gasteiger partial charge is 0.342 e. The molecule has 1 amide bonds. The number of pyridine rings is 2. The maximum absolute atomic E-state index is 12.7. The van der Waals surface area contributed by atoms with Crippen molar-refractivity contribution < 1.29 is 4.79 Å². The molecule has 0 spiro atoms. The molecule has 1 saturated heterocycles. The molecule has 1 fully saturated rings. The zero-order valence-electron chi connectivity index (χ0n) is 15.2. The van der Waals surface area contributed by atoms with Crippen LogP contribution in [0.3, 0.4) is 0 Å². The minimum Gasteiger partial charge on any atom is -0.342 e. The highest BCUT2D eigenvalue weighted by Crippen LogP contribution is 2.26. The van der Waals surface area contributed by atoms with Crippen molar-refractivity contribution in [3.8, 4) is 0 Å². The Hall–Kier alpha value is -3.02. The number of carbonyl (C=O) groups is 1. The number of rotatable bonds is 5. The van der Waals surface area contributed by atoms with Crippen LogP contribution in [0.2, 0.25) is 0 Å². The second-order valence-corrected chi connectivity index (χ2v) is 6.95. The first-order valence-corrected chi connectivity index (χ1v) is 9.37. The average Bonchev–Trinajstić information content (AvgIpc) is 3.18. The van der Waals surface area contributed by atoms with E-state index in [2.05, 4.69) is 19.5 Å². The van der Waals surface area contributed by atoms with E-state index in [0.717, 1.165) is 43.0 Å². The van der Waals surface area contributed by atoms with Gasteiger partial charge in [0.2, 0.25) is 5.91 Å². The number of amides is 1. The Morgan fingerprint density at radius 3 is 2.89 bits per heavy atom. The van der Waals surface area contributed by atoms with Crippen molar-refractivity contribution in [1.82, 2.24) is 24.4 Å². The fraction of sp³-hybridized carbons (Fsp3) is 0.333. The summed E-state index contributed by atoms with van der Waals surface area (Å²) in [6.45, 7) is 2.24. The van der Waals surface area contributed by atoms with Crippen molar-refractivity contribution in [2.75, 3.05) is 13.1 Å². The summed E-state index contributed by atoms with van der Waals surface area (Å²) < 4.78 is 2.15. The summed E-state index contributed by atoms with van der Waals surface area (Å²) in [7, 11) is 0. The number of hydrogen-bond acceptors (Lipinski definition) is 4. The quantitative estimate of drug-likeness (QED) is 0.701. The molecular formula is C21H23N5O. The molecule has 3 aromatic heterocycles. The number of nitrogens with zero attached hydrogens (tertiary/aromatic N) is 5. The lowest BCUT2D eigenvalue weighted by Gasteiger charge is -2.32. The maximum atomic E-state index is 12.7. The van der Waals surface area contributed by atoms with Crippen LogP contribution in [0.4, 0.5) is 0 Å². The highest BCUT2D eigenvalue weighted by Gasteiger charge is 2.27. The van der Waals surface area contributed by atoms with Gasteiger partial charge in [-0.3, -0.25) is 14.8 Å². The van der Waals surface area contributed by atoms with Gasteiger partial charge in [-0.25, -0.2) is 4.98 Å². The minimum atomic E-state index is 0.163. The van der Waals surface area contributed by atoms with Gasteiger partial charge in [0.1, 0.15) is 5.82 Å². The Kier molecular flexibility index (Phi) is 5.23. The molecule has 3 aromatic rings. The van der Waals surface area contributed by atoms with Crippen molar-refractivity contribution in [3.05, 3.63) is 78.4 Å². The first-order chi connectivity index (χ1) is 13.3. The van der Waals surface area contributed by atoms with Crippen LogP contribution in [-0.2, 0) is 17.8 Å². The molecule has 138 valence electrons. The molecular weight excluding hydrogens is 338 g/mol. The van der Waals surface area contributed by atoms with E-state index in [4.69, 9.17) is 0 Å². The van der Waals surface area contributed by atoms with Crippen molar-refractivity contribution in [3.63, 3.8) is 0 Å². The van der Waals surface area contributed by atoms with Crippen molar-refractivity contribution in [2.24, 2.45) is 0 Å². The lowest BCUT2D eigenvalue weighted by atomic mass is 9.96. The van der Waals surface area contributed by atoms with Gasteiger partial charge in [0.25, 0.3) is 0 Å². The molecule has 1 aliphatic rings. The first-order valence-electron chi connectivity index (χ1n) is 9.37. The van der Waals surface area contributed by atoms with Crippen LogP contribution in [0.5, 0.6) is 0 Å². The van der Waals surface area contributed by atoms with Crippen LogP contribution < -0.4 is 0 Å². The van der Waals surface area contributed by atoms with Gasteiger partial charge in [-0.2, -0.15) is 0 Å². The molecule has 27 heavy (non-hydrogen) atoms. The standard InChI is InChI=1S/C21H23N5O/c27-20(13-17-5-3-8-22-14-17)25-11-4-6-18(15-25)21-24-10-12-26(21)16-19-7-1-2-9-23-19/h1-3,5,7-10,12,14,18H,4,6,11,13,15-16H2. The van der Waals surface area contributed by atoms with Crippen molar-refractivity contribution in [2.45, 2.75) is 31.7 Å². The van der Waals surface area contributed by atoms with E-state index in [1.54, 1.807) is 12.4 Å². The zero-order chi connectivity index (χ0) is 18.5. The molecule has 0 aromatic carbocycles. The van der Waals surface area contributed by atoms with Crippen LogP contribution in [-0.4, -0.2) is 43.4 Å². The number of piperidine rings is 1. The molecule has 0 radical (unpaired) electrons. The lowest BCUT2D eigenvalue weighted by molar-refractivity contribution is -0.131. The molecule has 6 heteroatoms. The second-order valence-electron chi connectivity index (χ2n) is 6.95. The van der Waals surface area contributed by atoms with Crippen molar-refractivity contribution in [1.29, 1.82) is 0 Å². The summed E-state index contributed by atoms with van der Waals surface area (Å²) in [6, 6.07) is 9.76. The van der Waals surface area contributed by atoms with Crippen LogP contribution >= 0.6 is 0 Å². The van der Waals surface area contributed by atoms with E-state index in [1.165, 1.54) is 0 Å². The van der Waals surface area contributed by atoms with Gasteiger partial charge in [-0.1, -0.05) is 12.1 Å². The van der Waals surface area contributed by atoms with Gasteiger partial charge in [0.05, 0.1) is 18.7 Å². The monoisotopic (exact) mass is 361 g/mol. The predicted octanol–water partition coefficient (Wildman–Crippen LogP) is 2.67. The molecule has 0 bridgehead atoms. The summed E-state index contributed by atoms with van der Waals surface area (Å²) in [4.78, 5) is 27.8. The van der Waals surface area contributed by atoms with Crippen molar-refractivity contribution >= 4 is 5.91 Å².